The Morgan fingerprint density at radius 3 is 2.85 bits per heavy atom. The van der Waals surface area contributed by atoms with Gasteiger partial charge in [0.1, 0.15) is 11.6 Å². The van der Waals surface area contributed by atoms with E-state index in [1.807, 2.05) is 23.1 Å². The lowest BCUT2D eigenvalue weighted by Crippen LogP contribution is -2.47. The summed E-state index contributed by atoms with van der Waals surface area (Å²) in [6.07, 6.45) is 7.27. The molecule has 0 unspecified atom stereocenters. The quantitative estimate of drug-likeness (QED) is 0.619. The van der Waals surface area contributed by atoms with Crippen LogP contribution in [-0.4, -0.2) is 51.4 Å². The van der Waals surface area contributed by atoms with Crippen molar-refractivity contribution in [2.24, 2.45) is 0 Å². The summed E-state index contributed by atoms with van der Waals surface area (Å²) in [4.78, 5) is 28.7. The van der Waals surface area contributed by atoms with Crippen LogP contribution in [0.4, 0.5) is 15.9 Å². The molecule has 33 heavy (non-hydrogen) atoms. The third-order valence-corrected chi connectivity index (χ3v) is 6.27. The molecule has 1 amide bonds. The van der Waals surface area contributed by atoms with Crippen molar-refractivity contribution >= 4 is 17.4 Å². The second-order valence-electron chi connectivity index (χ2n) is 8.65. The third kappa shape index (κ3) is 5.01. The Morgan fingerprint density at radius 2 is 2.06 bits per heavy atom. The molecule has 2 fully saturated rings. The maximum absolute atomic E-state index is 13.7. The van der Waals surface area contributed by atoms with Crippen LogP contribution in [0.5, 0.6) is 0 Å². The van der Waals surface area contributed by atoms with E-state index in [0.717, 1.165) is 50.0 Å². The highest BCUT2D eigenvalue weighted by molar-refractivity contribution is 5.82. The minimum atomic E-state index is -0.316. The molecule has 0 radical (unpaired) electrons. The van der Waals surface area contributed by atoms with Gasteiger partial charge < -0.3 is 15.5 Å². The van der Waals surface area contributed by atoms with E-state index in [2.05, 4.69) is 20.6 Å². The zero-order valence-electron chi connectivity index (χ0n) is 18.4. The van der Waals surface area contributed by atoms with E-state index < -0.39 is 0 Å². The standard InChI is InChI=1S/C25H27FN6O/c26-19-7-1-8-20(13-19)29-23-14-22(30-24(31-23)17-5-2-10-27-15-17)18-6-4-12-32(16-18)25(33)21-9-3-11-28-21/h1-2,5,7-8,10,13-15,18,21,28H,3-4,6,9,11-12,16H2,(H,29,30,31)/t18-,21-/m1/s1. The normalized spacial score (nSPS) is 20.6. The SMILES string of the molecule is O=C([C@H]1CCCN1)N1CCC[C@@H](c2cc(Nc3cccc(F)c3)nc(-c3cccnc3)n2)C1. The predicted molar refractivity (Wildman–Crippen MR) is 125 cm³/mol. The molecule has 2 aliphatic rings. The molecule has 2 N–H and O–H groups in total. The number of nitrogens with one attached hydrogen (secondary N) is 2. The molecule has 7 nitrogen and oxygen atoms in total. The predicted octanol–water partition coefficient (Wildman–Crippen LogP) is 3.88. The summed E-state index contributed by atoms with van der Waals surface area (Å²) >= 11 is 0. The topological polar surface area (TPSA) is 83.0 Å². The summed E-state index contributed by atoms with van der Waals surface area (Å²) in [6.45, 7) is 2.32. The van der Waals surface area contributed by atoms with E-state index in [1.54, 1.807) is 24.5 Å². The average molecular weight is 447 g/mol. The lowest BCUT2D eigenvalue weighted by molar-refractivity contribution is -0.134. The molecule has 0 spiro atoms. The number of carbonyl (C=O) groups excluding carboxylic acids is 1. The molecule has 3 aromatic rings. The number of halogens is 1. The van der Waals surface area contributed by atoms with Crippen molar-refractivity contribution in [1.29, 1.82) is 0 Å². The van der Waals surface area contributed by atoms with Gasteiger partial charge in [0.15, 0.2) is 5.82 Å². The third-order valence-electron chi connectivity index (χ3n) is 6.27. The first-order valence-corrected chi connectivity index (χ1v) is 11.5. The average Bonchev–Trinajstić information content (AvgIpc) is 3.39. The molecule has 5 rings (SSSR count). The first kappa shape index (κ1) is 21.5. The van der Waals surface area contributed by atoms with Gasteiger partial charge in [-0.15, -0.1) is 0 Å². The molecule has 170 valence electrons. The van der Waals surface area contributed by atoms with Gasteiger partial charge in [-0.2, -0.15) is 0 Å². The van der Waals surface area contributed by atoms with Crippen molar-refractivity contribution in [2.75, 3.05) is 25.0 Å². The number of piperidine rings is 1. The number of anilines is 2. The first-order chi connectivity index (χ1) is 16.2. The minimum Gasteiger partial charge on any atom is -0.341 e. The molecule has 2 atom stereocenters. The van der Waals surface area contributed by atoms with Gasteiger partial charge in [-0.05, 0) is 62.6 Å². The number of benzene rings is 1. The van der Waals surface area contributed by atoms with Gasteiger partial charge >= 0.3 is 0 Å². The van der Waals surface area contributed by atoms with E-state index in [-0.39, 0.29) is 23.7 Å². The summed E-state index contributed by atoms with van der Waals surface area (Å²) in [5, 5.41) is 6.53. The highest BCUT2D eigenvalue weighted by Gasteiger charge is 2.31. The van der Waals surface area contributed by atoms with Crippen molar-refractivity contribution in [3.63, 3.8) is 0 Å². The Balaban J connectivity index is 1.44. The number of likely N-dealkylation sites (tertiary alicyclic amines) is 1. The monoisotopic (exact) mass is 446 g/mol. The fourth-order valence-electron chi connectivity index (χ4n) is 4.61. The Bertz CT molecular complexity index is 1120. The highest BCUT2D eigenvalue weighted by Crippen LogP contribution is 2.30. The minimum absolute atomic E-state index is 0.0645. The second-order valence-corrected chi connectivity index (χ2v) is 8.65. The largest absolute Gasteiger partial charge is 0.341 e. The van der Waals surface area contributed by atoms with Gasteiger partial charge in [-0.1, -0.05) is 6.07 Å². The van der Waals surface area contributed by atoms with Crippen molar-refractivity contribution in [3.8, 4) is 11.4 Å². The Morgan fingerprint density at radius 1 is 1.12 bits per heavy atom. The molecule has 2 aromatic heterocycles. The molecule has 0 aliphatic carbocycles. The summed E-state index contributed by atoms with van der Waals surface area (Å²) in [5.41, 5.74) is 2.30. The Hall–Kier alpha value is -3.39. The van der Waals surface area contributed by atoms with Crippen LogP contribution < -0.4 is 10.6 Å². The van der Waals surface area contributed by atoms with E-state index in [9.17, 15) is 9.18 Å². The van der Waals surface area contributed by atoms with Crippen LogP contribution in [0.3, 0.4) is 0 Å². The lowest BCUT2D eigenvalue weighted by Gasteiger charge is -2.34. The van der Waals surface area contributed by atoms with E-state index in [0.29, 0.717) is 23.9 Å². The maximum atomic E-state index is 13.7. The fourth-order valence-corrected chi connectivity index (χ4v) is 4.61. The molecule has 2 aliphatic heterocycles. The first-order valence-electron chi connectivity index (χ1n) is 11.5. The summed E-state index contributed by atoms with van der Waals surface area (Å²) in [6, 6.07) is 11.9. The van der Waals surface area contributed by atoms with Gasteiger partial charge in [0.25, 0.3) is 0 Å². The molecule has 2 saturated heterocycles. The number of aromatic nitrogens is 3. The number of nitrogens with zero attached hydrogens (tertiary/aromatic N) is 4. The van der Waals surface area contributed by atoms with Gasteiger partial charge in [-0.25, -0.2) is 14.4 Å². The van der Waals surface area contributed by atoms with Crippen molar-refractivity contribution in [1.82, 2.24) is 25.2 Å². The van der Waals surface area contributed by atoms with Gasteiger partial charge in [0.05, 0.1) is 11.7 Å². The fraction of sp³-hybridized carbons (Fsp3) is 0.360. The number of amides is 1. The van der Waals surface area contributed by atoms with E-state index >= 15 is 0 Å². The second kappa shape index (κ2) is 9.62. The van der Waals surface area contributed by atoms with Crippen molar-refractivity contribution in [2.45, 2.75) is 37.6 Å². The highest BCUT2D eigenvalue weighted by atomic mass is 19.1. The van der Waals surface area contributed by atoms with Crippen LogP contribution in [0.1, 0.15) is 37.3 Å². The molecular formula is C25H27FN6O. The van der Waals surface area contributed by atoms with Crippen LogP contribution in [-0.2, 0) is 4.79 Å². The van der Waals surface area contributed by atoms with Crippen LogP contribution >= 0.6 is 0 Å². The molecule has 4 heterocycles. The molecule has 8 heteroatoms. The number of hydrogen-bond acceptors (Lipinski definition) is 6. The lowest BCUT2D eigenvalue weighted by atomic mass is 9.93. The van der Waals surface area contributed by atoms with Crippen LogP contribution in [0.2, 0.25) is 0 Å². The number of carbonyl (C=O) groups is 1. The number of pyridine rings is 1. The Labute approximate surface area is 192 Å². The van der Waals surface area contributed by atoms with Crippen molar-refractivity contribution in [3.05, 3.63) is 66.4 Å². The maximum Gasteiger partial charge on any atom is 0.239 e. The summed E-state index contributed by atoms with van der Waals surface area (Å²) < 4.78 is 13.7. The molecule has 0 bridgehead atoms. The van der Waals surface area contributed by atoms with Crippen molar-refractivity contribution < 1.29 is 9.18 Å². The number of rotatable bonds is 5. The molecular weight excluding hydrogens is 419 g/mol. The zero-order valence-corrected chi connectivity index (χ0v) is 18.4. The number of hydrogen-bond donors (Lipinski definition) is 2. The van der Waals surface area contributed by atoms with Crippen LogP contribution in [0.25, 0.3) is 11.4 Å². The van der Waals surface area contributed by atoms with Gasteiger partial charge in [-0.3, -0.25) is 9.78 Å². The van der Waals surface area contributed by atoms with Crippen LogP contribution in [0.15, 0.2) is 54.9 Å². The summed E-state index contributed by atoms with van der Waals surface area (Å²) in [5.74, 6) is 1.13. The Kier molecular flexibility index (Phi) is 6.26. The zero-order chi connectivity index (χ0) is 22.6. The molecule has 0 saturated carbocycles. The van der Waals surface area contributed by atoms with E-state index in [1.165, 1.54) is 12.1 Å². The van der Waals surface area contributed by atoms with E-state index in [4.69, 9.17) is 4.98 Å². The van der Waals surface area contributed by atoms with Gasteiger partial charge in [0.2, 0.25) is 5.91 Å². The smallest absolute Gasteiger partial charge is 0.239 e. The molecule has 1 aromatic carbocycles. The van der Waals surface area contributed by atoms with Crippen LogP contribution in [0, 0.1) is 5.82 Å². The van der Waals surface area contributed by atoms with Gasteiger partial charge in [0, 0.05) is 48.7 Å². The summed E-state index contributed by atoms with van der Waals surface area (Å²) in [7, 11) is 0.